The van der Waals surface area contributed by atoms with E-state index in [1.807, 2.05) is 19.2 Å². The van der Waals surface area contributed by atoms with Gasteiger partial charge in [0.1, 0.15) is 0 Å². The Morgan fingerprint density at radius 1 is 1.09 bits per heavy atom. The van der Waals surface area contributed by atoms with Gasteiger partial charge in [-0.1, -0.05) is 0 Å². The molecule has 0 radical (unpaired) electrons. The first-order valence-electron chi connectivity index (χ1n) is 8.09. The average Bonchev–Trinajstić information content (AvgIpc) is 2.82. The Balaban J connectivity index is 1.80. The second-order valence-electron chi connectivity index (χ2n) is 6.59. The monoisotopic (exact) mass is 311 g/mol. The minimum absolute atomic E-state index is 0.0138. The maximum atomic E-state index is 12.4. The highest BCUT2D eigenvalue weighted by Crippen LogP contribution is 2.33. The van der Waals surface area contributed by atoms with Gasteiger partial charge in [-0.15, -0.1) is 0 Å². The lowest BCUT2D eigenvalue weighted by atomic mass is 10.2. The second kappa shape index (κ2) is 5.45. The molecule has 2 fully saturated rings. The smallest absolute Gasteiger partial charge is 0.255 e. The summed E-state index contributed by atoms with van der Waals surface area (Å²) in [7, 11) is 3.99. The molecule has 0 unspecified atom stereocenters. The predicted molar refractivity (Wildman–Crippen MR) is 89.5 cm³/mol. The average molecular weight is 311 g/mol. The summed E-state index contributed by atoms with van der Waals surface area (Å²) in [5, 5.41) is 0. The molecule has 23 heavy (non-hydrogen) atoms. The standard InChI is InChI=1S/C17H21N5O/c1-20-10-13-3-4-14(11-20)22(13)17-19-15(9-16(23)21(17)2)12-5-7-18-8-6-12/h5-9,13-14H,3-4,10-11H2,1-2H3/t13-,14+. The zero-order chi connectivity index (χ0) is 16.0. The fraction of sp³-hybridized carbons (Fsp3) is 0.471. The number of fused-ring (bicyclic) bond motifs is 2. The molecular formula is C17H21N5O. The summed E-state index contributed by atoms with van der Waals surface area (Å²) in [5.41, 5.74) is 1.64. The minimum atomic E-state index is -0.0138. The third-order valence-corrected chi connectivity index (χ3v) is 4.98. The van der Waals surface area contributed by atoms with Gasteiger partial charge in [-0.05, 0) is 32.0 Å². The van der Waals surface area contributed by atoms with E-state index in [1.165, 1.54) is 12.8 Å². The van der Waals surface area contributed by atoms with Crippen LogP contribution in [0.5, 0.6) is 0 Å². The van der Waals surface area contributed by atoms with Gasteiger partial charge in [0.2, 0.25) is 5.95 Å². The summed E-state index contributed by atoms with van der Waals surface area (Å²) in [5.74, 6) is 0.796. The number of likely N-dealkylation sites (N-methyl/N-ethyl adjacent to an activating group) is 1. The fourth-order valence-electron chi connectivity index (χ4n) is 3.87. The Labute approximate surface area is 135 Å². The number of rotatable bonds is 2. The van der Waals surface area contributed by atoms with Crippen molar-refractivity contribution in [3.63, 3.8) is 0 Å². The van der Waals surface area contributed by atoms with Crippen molar-refractivity contribution in [3.05, 3.63) is 40.9 Å². The van der Waals surface area contributed by atoms with Crippen LogP contribution in [0.4, 0.5) is 5.95 Å². The van der Waals surface area contributed by atoms with Gasteiger partial charge in [-0.2, -0.15) is 0 Å². The predicted octanol–water partition coefficient (Wildman–Crippen LogP) is 1.13. The van der Waals surface area contributed by atoms with Crippen LogP contribution in [-0.2, 0) is 7.05 Å². The van der Waals surface area contributed by atoms with E-state index in [1.54, 1.807) is 23.0 Å². The number of aromatic nitrogens is 3. The summed E-state index contributed by atoms with van der Waals surface area (Å²) in [6.07, 6.45) is 5.80. The zero-order valence-electron chi connectivity index (χ0n) is 13.5. The molecule has 0 amide bonds. The highest BCUT2D eigenvalue weighted by Gasteiger charge is 2.40. The van der Waals surface area contributed by atoms with Crippen molar-refractivity contribution in [2.75, 3.05) is 25.0 Å². The Kier molecular flexibility index (Phi) is 3.41. The van der Waals surface area contributed by atoms with Crippen molar-refractivity contribution in [2.24, 2.45) is 7.05 Å². The quantitative estimate of drug-likeness (QED) is 0.832. The van der Waals surface area contributed by atoms with Crippen LogP contribution >= 0.6 is 0 Å². The molecule has 120 valence electrons. The number of nitrogens with zero attached hydrogens (tertiary/aromatic N) is 5. The van der Waals surface area contributed by atoms with E-state index in [0.29, 0.717) is 12.1 Å². The van der Waals surface area contributed by atoms with Gasteiger partial charge in [0.15, 0.2) is 0 Å². The summed E-state index contributed by atoms with van der Waals surface area (Å²) in [6, 6.07) is 6.29. The van der Waals surface area contributed by atoms with Crippen molar-refractivity contribution in [1.29, 1.82) is 0 Å². The van der Waals surface area contributed by atoms with Crippen LogP contribution in [0.3, 0.4) is 0 Å². The molecule has 0 N–H and O–H groups in total. The summed E-state index contributed by atoms with van der Waals surface area (Å²) < 4.78 is 1.68. The molecule has 0 aliphatic carbocycles. The van der Waals surface area contributed by atoms with Gasteiger partial charge >= 0.3 is 0 Å². The SMILES string of the molecule is CN1C[C@H]2CC[C@@H](C1)N2c1nc(-c2ccncc2)cc(=O)n1C. The molecule has 0 spiro atoms. The molecule has 2 saturated heterocycles. The van der Waals surface area contributed by atoms with E-state index >= 15 is 0 Å². The highest BCUT2D eigenvalue weighted by molar-refractivity contribution is 5.60. The lowest BCUT2D eigenvalue weighted by Crippen LogP contribution is -2.54. The van der Waals surface area contributed by atoms with Crippen LogP contribution in [0.15, 0.2) is 35.4 Å². The first-order valence-corrected chi connectivity index (χ1v) is 8.09. The molecule has 0 aromatic carbocycles. The number of hydrogen-bond acceptors (Lipinski definition) is 5. The van der Waals surface area contributed by atoms with Gasteiger partial charge in [-0.3, -0.25) is 14.3 Å². The molecule has 6 heteroatoms. The van der Waals surface area contributed by atoms with E-state index in [0.717, 1.165) is 30.3 Å². The van der Waals surface area contributed by atoms with Gasteiger partial charge in [0.25, 0.3) is 5.56 Å². The van der Waals surface area contributed by atoms with Gasteiger partial charge in [0, 0.05) is 56.2 Å². The highest BCUT2D eigenvalue weighted by atomic mass is 16.1. The molecule has 2 aromatic heterocycles. The van der Waals surface area contributed by atoms with Crippen molar-refractivity contribution >= 4 is 5.95 Å². The normalized spacial score (nSPS) is 24.2. The number of piperazine rings is 1. The first-order chi connectivity index (χ1) is 11.1. The third kappa shape index (κ3) is 2.43. The number of hydrogen-bond donors (Lipinski definition) is 0. The molecule has 0 saturated carbocycles. The molecule has 2 atom stereocenters. The van der Waals surface area contributed by atoms with Crippen LogP contribution < -0.4 is 10.5 Å². The van der Waals surface area contributed by atoms with Crippen molar-refractivity contribution in [1.82, 2.24) is 19.4 Å². The molecular weight excluding hydrogens is 290 g/mol. The maximum absolute atomic E-state index is 12.4. The van der Waals surface area contributed by atoms with Gasteiger partial charge in [0.05, 0.1) is 5.69 Å². The number of anilines is 1. The van der Waals surface area contributed by atoms with Crippen LogP contribution in [0.1, 0.15) is 12.8 Å². The van der Waals surface area contributed by atoms with Crippen LogP contribution in [0.2, 0.25) is 0 Å². The van der Waals surface area contributed by atoms with Crippen molar-refractivity contribution in [3.8, 4) is 11.3 Å². The Morgan fingerprint density at radius 2 is 1.74 bits per heavy atom. The van der Waals surface area contributed by atoms with Crippen LogP contribution in [0, 0.1) is 0 Å². The van der Waals surface area contributed by atoms with E-state index in [4.69, 9.17) is 4.98 Å². The van der Waals surface area contributed by atoms with E-state index < -0.39 is 0 Å². The Hall–Kier alpha value is -2.21. The van der Waals surface area contributed by atoms with E-state index in [-0.39, 0.29) is 5.56 Å². The molecule has 2 bridgehead atoms. The lowest BCUT2D eigenvalue weighted by Gasteiger charge is -2.40. The van der Waals surface area contributed by atoms with E-state index in [9.17, 15) is 4.79 Å². The molecule has 2 aromatic rings. The molecule has 4 heterocycles. The van der Waals surface area contributed by atoms with Crippen molar-refractivity contribution in [2.45, 2.75) is 24.9 Å². The topological polar surface area (TPSA) is 54.3 Å². The largest absolute Gasteiger partial charge is 0.334 e. The Morgan fingerprint density at radius 3 is 2.39 bits per heavy atom. The molecule has 6 nitrogen and oxygen atoms in total. The van der Waals surface area contributed by atoms with Gasteiger partial charge < -0.3 is 9.80 Å². The van der Waals surface area contributed by atoms with Crippen molar-refractivity contribution < 1.29 is 0 Å². The molecule has 2 aliphatic heterocycles. The van der Waals surface area contributed by atoms with Crippen LogP contribution in [-0.4, -0.2) is 51.7 Å². The fourth-order valence-corrected chi connectivity index (χ4v) is 3.87. The first kappa shape index (κ1) is 14.4. The zero-order valence-corrected chi connectivity index (χ0v) is 13.5. The minimum Gasteiger partial charge on any atom is -0.334 e. The summed E-state index contributed by atoms with van der Waals surface area (Å²) in [4.78, 5) is 26.1. The van der Waals surface area contributed by atoms with Gasteiger partial charge in [-0.25, -0.2) is 4.98 Å². The second-order valence-corrected chi connectivity index (χ2v) is 6.59. The third-order valence-electron chi connectivity index (χ3n) is 4.98. The molecule has 2 aliphatic rings. The number of pyridine rings is 1. The summed E-state index contributed by atoms with van der Waals surface area (Å²) >= 11 is 0. The van der Waals surface area contributed by atoms with Crippen LogP contribution in [0.25, 0.3) is 11.3 Å². The molecule has 4 rings (SSSR count). The van der Waals surface area contributed by atoms with E-state index in [2.05, 4.69) is 21.8 Å². The summed E-state index contributed by atoms with van der Waals surface area (Å²) in [6.45, 7) is 2.07. The maximum Gasteiger partial charge on any atom is 0.255 e. The lowest BCUT2D eigenvalue weighted by molar-refractivity contribution is 0.261. The Bertz CT molecular complexity index is 758. The number of likely N-dealkylation sites (tertiary alicyclic amines) is 1.